The van der Waals surface area contributed by atoms with Gasteiger partial charge in [-0.05, 0) is 12.1 Å². The first-order valence-corrected chi connectivity index (χ1v) is 7.10. The summed E-state index contributed by atoms with van der Waals surface area (Å²) < 4.78 is 5.66. The maximum absolute atomic E-state index is 5.66. The summed E-state index contributed by atoms with van der Waals surface area (Å²) in [5.74, 6) is 0. The Hall–Kier alpha value is -0.826. The lowest BCUT2D eigenvalue weighted by molar-refractivity contribution is 0.358. The number of hydrogen-bond acceptors (Lipinski definition) is 1. The van der Waals surface area contributed by atoms with Gasteiger partial charge in [0, 0.05) is 6.61 Å². The second-order valence-electron chi connectivity index (χ2n) is 2.64. The fourth-order valence-electron chi connectivity index (χ4n) is 1.15. The quantitative estimate of drug-likeness (QED) is 0.479. The van der Waals surface area contributed by atoms with Crippen LogP contribution in [0.1, 0.15) is 6.92 Å². The molecule has 1 aromatic rings. The van der Waals surface area contributed by atoms with Crippen LogP contribution in [-0.4, -0.2) is 25.9 Å². The van der Waals surface area contributed by atoms with Crippen molar-refractivity contribution < 1.29 is 4.43 Å². The normalized spacial score (nSPS) is 11.8. The molecular weight excluding hydrogens is 192 g/mol. The summed E-state index contributed by atoms with van der Waals surface area (Å²) in [5, 5.41) is 1.28. The SMILES string of the molecule is CCO[SiH](C#C[SiH3])c1ccccc1. The molecule has 0 aromatic heterocycles. The number of hydrogen-bond donors (Lipinski definition) is 0. The van der Waals surface area contributed by atoms with Crippen LogP contribution in [0.15, 0.2) is 30.3 Å². The third-order valence-electron chi connectivity index (χ3n) is 1.71. The van der Waals surface area contributed by atoms with Crippen molar-refractivity contribution in [2.24, 2.45) is 0 Å². The molecule has 1 aromatic carbocycles. The Kier molecular flexibility index (Phi) is 4.54. The van der Waals surface area contributed by atoms with Crippen LogP contribution in [-0.2, 0) is 4.43 Å². The maximum Gasteiger partial charge on any atom is 0.287 e. The van der Waals surface area contributed by atoms with Gasteiger partial charge in [0.1, 0.15) is 0 Å². The minimum Gasteiger partial charge on any atom is -0.405 e. The average molecular weight is 206 g/mol. The van der Waals surface area contributed by atoms with Crippen LogP contribution in [0.3, 0.4) is 0 Å². The predicted octanol–water partition coefficient (Wildman–Crippen LogP) is -0.481. The molecule has 0 radical (unpaired) electrons. The highest BCUT2D eigenvalue weighted by atomic mass is 28.3. The standard InChI is InChI=1S/C10H14OSi2/c1-2-11-13(9-8-12)10-6-4-3-5-7-10/h3-7,13H,2H2,1,12H3. The van der Waals surface area contributed by atoms with Crippen LogP contribution in [0.5, 0.6) is 0 Å². The topological polar surface area (TPSA) is 9.23 Å². The molecule has 0 bridgehead atoms. The largest absolute Gasteiger partial charge is 0.405 e. The van der Waals surface area contributed by atoms with Crippen molar-refractivity contribution in [1.82, 2.24) is 0 Å². The van der Waals surface area contributed by atoms with E-state index in [0.29, 0.717) is 0 Å². The highest BCUT2D eigenvalue weighted by Gasteiger charge is 2.09. The van der Waals surface area contributed by atoms with Gasteiger partial charge in [-0.2, -0.15) is 0 Å². The molecule has 0 aliphatic rings. The van der Waals surface area contributed by atoms with Crippen LogP contribution < -0.4 is 5.19 Å². The predicted molar refractivity (Wildman–Crippen MR) is 62.6 cm³/mol. The highest BCUT2D eigenvalue weighted by molar-refractivity contribution is 6.75. The van der Waals surface area contributed by atoms with E-state index in [0.717, 1.165) is 16.8 Å². The zero-order valence-electron chi connectivity index (χ0n) is 8.08. The van der Waals surface area contributed by atoms with E-state index in [1.807, 2.05) is 25.1 Å². The van der Waals surface area contributed by atoms with E-state index in [2.05, 4.69) is 23.2 Å². The maximum atomic E-state index is 5.66. The minimum atomic E-state index is -1.42. The van der Waals surface area contributed by atoms with E-state index in [-0.39, 0.29) is 0 Å². The summed E-state index contributed by atoms with van der Waals surface area (Å²) in [7, 11) is -0.480. The lowest BCUT2D eigenvalue weighted by atomic mass is 10.4. The highest BCUT2D eigenvalue weighted by Crippen LogP contribution is 1.89. The first-order chi connectivity index (χ1) is 6.38. The number of benzene rings is 1. The minimum absolute atomic E-state index is 0.766. The average Bonchev–Trinajstić information content (AvgIpc) is 2.19. The van der Waals surface area contributed by atoms with Crippen molar-refractivity contribution in [2.75, 3.05) is 6.61 Å². The molecule has 0 saturated heterocycles. The molecule has 0 aliphatic carbocycles. The zero-order valence-corrected chi connectivity index (χ0v) is 11.2. The molecular formula is C10H14OSi2. The van der Waals surface area contributed by atoms with Gasteiger partial charge in [-0.25, -0.2) is 0 Å². The van der Waals surface area contributed by atoms with Crippen molar-refractivity contribution in [3.63, 3.8) is 0 Å². The summed E-state index contributed by atoms with van der Waals surface area (Å²) in [6.45, 7) is 2.79. The van der Waals surface area contributed by atoms with Gasteiger partial charge < -0.3 is 4.43 Å². The molecule has 68 valence electrons. The van der Waals surface area contributed by atoms with Crippen molar-refractivity contribution in [2.45, 2.75) is 6.92 Å². The Morgan fingerprint density at radius 1 is 1.38 bits per heavy atom. The van der Waals surface area contributed by atoms with Crippen LogP contribution in [0, 0.1) is 11.1 Å². The zero-order chi connectivity index (χ0) is 9.52. The first-order valence-electron chi connectivity index (χ1n) is 4.47. The Labute approximate surface area is 84.3 Å². The third kappa shape index (κ3) is 3.19. The van der Waals surface area contributed by atoms with Crippen molar-refractivity contribution in [1.29, 1.82) is 0 Å². The fourth-order valence-corrected chi connectivity index (χ4v) is 3.54. The molecule has 0 N–H and O–H groups in total. The molecule has 1 nitrogen and oxygen atoms in total. The fraction of sp³-hybridized carbons (Fsp3) is 0.200. The summed E-state index contributed by atoms with van der Waals surface area (Å²) in [6, 6.07) is 10.3. The van der Waals surface area contributed by atoms with Gasteiger partial charge in [0.25, 0.3) is 9.04 Å². The van der Waals surface area contributed by atoms with Gasteiger partial charge in [-0.3, -0.25) is 0 Å². The van der Waals surface area contributed by atoms with Crippen molar-refractivity contribution in [3.05, 3.63) is 30.3 Å². The van der Waals surface area contributed by atoms with E-state index < -0.39 is 9.04 Å². The molecule has 0 aliphatic heterocycles. The van der Waals surface area contributed by atoms with E-state index in [9.17, 15) is 0 Å². The van der Waals surface area contributed by atoms with Crippen LogP contribution in [0.25, 0.3) is 0 Å². The van der Waals surface area contributed by atoms with Crippen LogP contribution in [0.4, 0.5) is 0 Å². The Morgan fingerprint density at radius 3 is 2.62 bits per heavy atom. The molecule has 1 rings (SSSR count). The third-order valence-corrected chi connectivity index (χ3v) is 4.79. The summed E-state index contributed by atoms with van der Waals surface area (Å²) in [5.41, 5.74) is 6.30. The van der Waals surface area contributed by atoms with Crippen LogP contribution in [0.2, 0.25) is 0 Å². The second kappa shape index (κ2) is 5.76. The Balaban J connectivity index is 2.80. The first kappa shape index (κ1) is 10.3. The van der Waals surface area contributed by atoms with Gasteiger partial charge >= 0.3 is 0 Å². The van der Waals surface area contributed by atoms with Gasteiger partial charge in [0.15, 0.2) is 0 Å². The van der Waals surface area contributed by atoms with Crippen molar-refractivity contribution >= 4 is 24.5 Å². The molecule has 0 saturated carbocycles. The van der Waals surface area contributed by atoms with Gasteiger partial charge in [0.2, 0.25) is 0 Å². The molecule has 13 heavy (non-hydrogen) atoms. The Morgan fingerprint density at radius 2 is 2.08 bits per heavy atom. The molecule has 0 spiro atoms. The van der Waals surface area contributed by atoms with Gasteiger partial charge in [-0.1, -0.05) is 30.3 Å². The number of rotatable bonds is 3. The van der Waals surface area contributed by atoms with Gasteiger partial charge in [0.05, 0.1) is 10.2 Å². The van der Waals surface area contributed by atoms with Crippen molar-refractivity contribution in [3.8, 4) is 11.1 Å². The summed E-state index contributed by atoms with van der Waals surface area (Å²) in [4.78, 5) is 0. The Bertz CT molecular complexity index is 300. The molecule has 3 heteroatoms. The van der Waals surface area contributed by atoms with E-state index in [1.165, 1.54) is 5.19 Å². The van der Waals surface area contributed by atoms with Gasteiger partial charge in [-0.15, -0.1) is 11.1 Å². The monoisotopic (exact) mass is 206 g/mol. The summed E-state index contributed by atoms with van der Waals surface area (Å²) >= 11 is 0. The second-order valence-corrected chi connectivity index (χ2v) is 5.19. The molecule has 1 unspecified atom stereocenters. The smallest absolute Gasteiger partial charge is 0.287 e. The molecule has 0 heterocycles. The van der Waals surface area contributed by atoms with E-state index >= 15 is 0 Å². The lowest BCUT2D eigenvalue weighted by Gasteiger charge is -2.08. The van der Waals surface area contributed by atoms with Crippen LogP contribution >= 0.6 is 0 Å². The molecule has 1 atom stereocenters. The molecule has 0 amide bonds. The van der Waals surface area contributed by atoms with E-state index in [1.54, 1.807) is 0 Å². The molecule has 0 fully saturated rings. The lowest BCUT2D eigenvalue weighted by Crippen LogP contribution is -2.32. The summed E-state index contributed by atoms with van der Waals surface area (Å²) in [6.07, 6.45) is 0. The van der Waals surface area contributed by atoms with E-state index in [4.69, 9.17) is 4.43 Å².